The molecule has 0 bridgehead atoms. The Bertz CT molecular complexity index is 785. The lowest BCUT2D eigenvalue weighted by Gasteiger charge is -2.37. The SMILES string of the molecule is CC(C)(C)C1(OC(N)=O)CC(=O)N(CCc2cccc3c2COCO3)C1=O. The third-order valence-electron chi connectivity index (χ3n) is 5.16. The Morgan fingerprint density at radius 1 is 1.33 bits per heavy atom. The maximum Gasteiger partial charge on any atom is 0.405 e. The highest BCUT2D eigenvalue weighted by Gasteiger charge is 2.61. The minimum atomic E-state index is -1.59. The Hall–Kier alpha value is -2.61. The molecule has 8 heteroatoms. The topological polar surface area (TPSA) is 108 Å². The van der Waals surface area contributed by atoms with Crippen LogP contribution < -0.4 is 10.5 Å². The number of fused-ring (bicyclic) bond motifs is 1. The van der Waals surface area contributed by atoms with Crippen molar-refractivity contribution in [3.05, 3.63) is 29.3 Å². The van der Waals surface area contributed by atoms with E-state index in [9.17, 15) is 14.4 Å². The Kier molecular flexibility index (Phi) is 4.86. The lowest BCUT2D eigenvalue weighted by atomic mass is 9.75. The minimum Gasteiger partial charge on any atom is -0.467 e. The van der Waals surface area contributed by atoms with Crippen LogP contribution in [-0.4, -0.2) is 41.7 Å². The second kappa shape index (κ2) is 6.84. The summed E-state index contributed by atoms with van der Waals surface area (Å²) in [4.78, 5) is 38.2. The Morgan fingerprint density at radius 3 is 2.74 bits per heavy atom. The molecule has 2 N–H and O–H groups in total. The molecule has 1 aromatic rings. The van der Waals surface area contributed by atoms with Gasteiger partial charge in [-0.3, -0.25) is 14.5 Å². The van der Waals surface area contributed by atoms with Gasteiger partial charge >= 0.3 is 6.09 Å². The average molecular weight is 376 g/mol. The van der Waals surface area contributed by atoms with Crippen molar-refractivity contribution in [3.8, 4) is 5.75 Å². The highest BCUT2D eigenvalue weighted by atomic mass is 16.7. The maximum atomic E-state index is 13.1. The van der Waals surface area contributed by atoms with E-state index in [0.29, 0.717) is 13.0 Å². The first-order chi connectivity index (χ1) is 12.7. The molecule has 0 radical (unpaired) electrons. The fourth-order valence-electron chi connectivity index (χ4n) is 3.56. The predicted octanol–water partition coefficient (Wildman–Crippen LogP) is 1.73. The molecule has 3 rings (SSSR count). The van der Waals surface area contributed by atoms with Crippen molar-refractivity contribution < 1.29 is 28.6 Å². The zero-order valence-corrected chi connectivity index (χ0v) is 15.7. The van der Waals surface area contributed by atoms with Crippen LogP contribution in [0.1, 0.15) is 38.3 Å². The molecule has 0 saturated carbocycles. The molecule has 146 valence electrons. The number of hydrogen-bond acceptors (Lipinski definition) is 6. The van der Waals surface area contributed by atoms with Crippen molar-refractivity contribution in [2.45, 2.75) is 45.8 Å². The van der Waals surface area contributed by atoms with E-state index in [2.05, 4.69) is 0 Å². The monoisotopic (exact) mass is 376 g/mol. The summed E-state index contributed by atoms with van der Waals surface area (Å²) in [6.07, 6.45) is -0.832. The molecule has 2 aliphatic heterocycles. The van der Waals surface area contributed by atoms with Gasteiger partial charge in [-0.1, -0.05) is 32.9 Å². The quantitative estimate of drug-likeness (QED) is 0.802. The van der Waals surface area contributed by atoms with E-state index in [1.807, 2.05) is 18.2 Å². The van der Waals surface area contributed by atoms with Crippen LogP contribution in [0.2, 0.25) is 0 Å². The number of benzene rings is 1. The summed E-state index contributed by atoms with van der Waals surface area (Å²) in [6.45, 7) is 6.03. The first-order valence-corrected chi connectivity index (χ1v) is 8.80. The van der Waals surface area contributed by atoms with Crippen molar-refractivity contribution in [3.63, 3.8) is 0 Å². The van der Waals surface area contributed by atoms with Gasteiger partial charge in [-0.2, -0.15) is 0 Å². The van der Waals surface area contributed by atoms with Crippen LogP contribution in [-0.2, 0) is 32.1 Å². The number of carbonyl (C=O) groups is 3. The summed E-state index contributed by atoms with van der Waals surface area (Å²) in [7, 11) is 0. The standard InChI is InChI=1S/C19H24N2O6/c1-18(2,3)19(27-17(20)24)9-15(22)21(16(19)23)8-7-12-5-4-6-14-13(12)10-25-11-26-14/h4-6H,7-11H2,1-3H3,(H2,20,24). The number of rotatable bonds is 4. The molecule has 1 aromatic carbocycles. The number of carbonyl (C=O) groups excluding carboxylic acids is 3. The van der Waals surface area contributed by atoms with E-state index in [0.717, 1.165) is 21.8 Å². The fourth-order valence-corrected chi connectivity index (χ4v) is 3.56. The normalized spacial score (nSPS) is 22.4. The van der Waals surface area contributed by atoms with Crippen LogP contribution >= 0.6 is 0 Å². The maximum absolute atomic E-state index is 13.1. The van der Waals surface area contributed by atoms with E-state index >= 15 is 0 Å². The summed E-state index contributed by atoms with van der Waals surface area (Å²) in [5, 5.41) is 0. The summed E-state index contributed by atoms with van der Waals surface area (Å²) < 4.78 is 16.0. The van der Waals surface area contributed by atoms with Crippen LogP contribution in [0.15, 0.2) is 18.2 Å². The van der Waals surface area contributed by atoms with E-state index in [-0.39, 0.29) is 25.7 Å². The summed E-state index contributed by atoms with van der Waals surface area (Å²) >= 11 is 0. The van der Waals surface area contributed by atoms with Gasteiger partial charge in [-0.25, -0.2) is 4.79 Å². The van der Waals surface area contributed by atoms with Gasteiger partial charge in [0.25, 0.3) is 5.91 Å². The number of nitrogens with two attached hydrogens (primary N) is 1. The Labute approximate surface area is 157 Å². The fraction of sp³-hybridized carbons (Fsp3) is 0.526. The Balaban J connectivity index is 1.81. The molecule has 2 heterocycles. The molecule has 0 spiro atoms. The van der Waals surface area contributed by atoms with Gasteiger partial charge in [0.2, 0.25) is 11.5 Å². The van der Waals surface area contributed by atoms with Crippen LogP contribution in [0.3, 0.4) is 0 Å². The van der Waals surface area contributed by atoms with Crippen molar-refractivity contribution >= 4 is 17.9 Å². The molecule has 1 unspecified atom stereocenters. The van der Waals surface area contributed by atoms with Gasteiger partial charge in [0, 0.05) is 17.5 Å². The lowest BCUT2D eigenvalue weighted by Crippen LogP contribution is -2.54. The van der Waals surface area contributed by atoms with Gasteiger partial charge in [-0.05, 0) is 18.1 Å². The third kappa shape index (κ3) is 3.37. The van der Waals surface area contributed by atoms with Crippen molar-refractivity contribution in [1.82, 2.24) is 4.90 Å². The number of amides is 3. The molecular formula is C19H24N2O6. The van der Waals surface area contributed by atoms with E-state index < -0.39 is 23.0 Å². The number of imide groups is 1. The van der Waals surface area contributed by atoms with Gasteiger partial charge in [-0.15, -0.1) is 0 Å². The number of nitrogens with zero attached hydrogens (tertiary/aromatic N) is 1. The van der Waals surface area contributed by atoms with E-state index in [1.54, 1.807) is 20.8 Å². The van der Waals surface area contributed by atoms with Crippen LogP contribution in [0, 0.1) is 5.41 Å². The smallest absolute Gasteiger partial charge is 0.405 e. The average Bonchev–Trinajstić information content (AvgIpc) is 2.83. The number of likely N-dealkylation sites (tertiary alicyclic amines) is 1. The Morgan fingerprint density at radius 2 is 2.07 bits per heavy atom. The minimum absolute atomic E-state index is 0.175. The van der Waals surface area contributed by atoms with Crippen molar-refractivity contribution in [2.75, 3.05) is 13.3 Å². The summed E-state index contributed by atoms with van der Waals surface area (Å²) in [5.41, 5.74) is 4.67. The molecule has 0 aromatic heterocycles. The molecule has 3 amide bonds. The molecule has 27 heavy (non-hydrogen) atoms. The molecule has 8 nitrogen and oxygen atoms in total. The summed E-state index contributed by atoms with van der Waals surface area (Å²) in [6, 6.07) is 5.64. The first-order valence-electron chi connectivity index (χ1n) is 8.80. The van der Waals surface area contributed by atoms with Crippen LogP contribution in [0.4, 0.5) is 4.79 Å². The lowest BCUT2D eigenvalue weighted by molar-refractivity contribution is -0.154. The van der Waals surface area contributed by atoms with Gasteiger partial charge < -0.3 is 19.9 Å². The number of primary amides is 1. The van der Waals surface area contributed by atoms with Crippen LogP contribution in [0.25, 0.3) is 0 Å². The number of hydrogen-bond donors (Lipinski definition) is 1. The highest BCUT2D eigenvalue weighted by Crippen LogP contribution is 2.43. The van der Waals surface area contributed by atoms with Crippen molar-refractivity contribution in [1.29, 1.82) is 0 Å². The van der Waals surface area contributed by atoms with Crippen LogP contribution in [0.5, 0.6) is 5.75 Å². The zero-order valence-electron chi connectivity index (χ0n) is 15.7. The highest BCUT2D eigenvalue weighted by molar-refractivity contribution is 6.09. The van der Waals surface area contributed by atoms with Gasteiger partial charge in [0.1, 0.15) is 5.75 Å². The zero-order chi connectivity index (χ0) is 19.8. The first kappa shape index (κ1) is 19.2. The molecular weight excluding hydrogens is 352 g/mol. The van der Waals surface area contributed by atoms with Gasteiger partial charge in [0.15, 0.2) is 6.79 Å². The molecule has 1 saturated heterocycles. The summed E-state index contributed by atoms with van der Waals surface area (Å²) in [5.74, 6) is -0.163. The molecule has 1 fully saturated rings. The van der Waals surface area contributed by atoms with E-state index in [4.69, 9.17) is 19.9 Å². The second-order valence-electron chi connectivity index (χ2n) is 7.78. The largest absolute Gasteiger partial charge is 0.467 e. The van der Waals surface area contributed by atoms with E-state index in [1.165, 1.54) is 0 Å². The van der Waals surface area contributed by atoms with Gasteiger partial charge in [0.05, 0.1) is 13.0 Å². The second-order valence-corrected chi connectivity index (χ2v) is 7.78. The molecule has 1 atom stereocenters. The predicted molar refractivity (Wildman–Crippen MR) is 94.6 cm³/mol. The molecule has 2 aliphatic rings. The third-order valence-corrected chi connectivity index (χ3v) is 5.16. The number of ether oxygens (including phenoxy) is 3. The van der Waals surface area contributed by atoms with Crippen molar-refractivity contribution in [2.24, 2.45) is 11.1 Å². The molecule has 0 aliphatic carbocycles.